The first kappa shape index (κ1) is 25.2. The van der Waals surface area contributed by atoms with Crippen LogP contribution in [0.3, 0.4) is 0 Å². The van der Waals surface area contributed by atoms with Crippen LogP contribution in [0.1, 0.15) is 64.9 Å². The summed E-state index contributed by atoms with van der Waals surface area (Å²) in [5, 5.41) is 25.5. The number of benzene rings is 1. The molecule has 182 valence electrons. The number of aromatic nitrogens is 3. The molecule has 2 amide bonds. The number of hydrogen-bond acceptors (Lipinski definition) is 7. The second kappa shape index (κ2) is 11.2. The van der Waals surface area contributed by atoms with Crippen molar-refractivity contribution in [2.75, 3.05) is 11.1 Å². The van der Waals surface area contributed by atoms with Gasteiger partial charge in [0.25, 0.3) is 5.91 Å². The number of hydrogen-bond donors (Lipinski definition) is 2. The first-order valence-corrected chi connectivity index (χ1v) is 13.6. The first-order valence-electron chi connectivity index (χ1n) is 11.4. The van der Waals surface area contributed by atoms with E-state index in [1.54, 1.807) is 24.3 Å². The third-order valence-electron chi connectivity index (χ3n) is 5.78. The van der Waals surface area contributed by atoms with Crippen LogP contribution in [0.25, 0.3) is 0 Å². The standard InChI is InChI=1S/C24H25ClN6O2S2/c1-3-31-21(14(2)27-22(33)16-9-4-6-10-18(16)25)29-30-24(31)34-13-20(32)28-23-17(12-26)15-8-5-7-11-19(15)35-23/h4,6,9-10,14H,3,5,7-8,11,13H2,1-2H3,(H,27,33)(H,28,32)/t14-/m1/s1. The van der Waals surface area contributed by atoms with Crippen LogP contribution in [0.4, 0.5) is 5.00 Å². The van der Waals surface area contributed by atoms with Crippen molar-refractivity contribution in [3.8, 4) is 6.07 Å². The number of nitrogens with one attached hydrogen (secondary N) is 2. The predicted molar refractivity (Wildman–Crippen MR) is 138 cm³/mol. The monoisotopic (exact) mass is 528 g/mol. The predicted octanol–water partition coefficient (Wildman–Crippen LogP) is 4.99. The van der Waals surface area contributed by atoms with Gasteiger partial charge in [0.2, 0.25) is 5.91 Å². The number of halogens is 1. The number of amides is 2. The van der Waals surface area contributed by atoms with E-state index >= 15 is 0 Å². The molecule has 0 saturated heterocycles. The minimum absolute atomic E-state index is 0.131. The van der Waals surface area contributed by atoms with Crippen molar-refractivity contribution in [3.05, 3.63) is 56.7 Å². The molecule has 2 N–H and O–H groups in total. The van der Waals surface area contributed by atoms with E-state index in [2.05, 4.69) is 26.9 Å². The summed E-state index contributed by atoms with van der Waals surface area (Å²) in [5.41, 5.74) is 2.09. The maximum atomic E-state index is 12.7. The first-order chi connectivity index (χ1) is 16.9. The van der Waals surface area contributed by atoms with Crippen LogP contribution < -0.4 is 10.6 Å². The van der Waals surface area contributed by atoms with Crippen LogP contribution in [0, 0.1) is 11.3 Å². The second-order valence-electron chi connectivity index (χ2n) is 8.12. The normalized spacial score (nSPS) is 13.5. The summed E-state index contributed by atoms with van der Waals surface area (Å²) in [7, 11) is 0. The molecule has 3 aromatic rings. The van der Waals surface area contributed by atoms with Gasteiger partial charge in [-0.25, -0.2) is 0 Å². The van der Waals surface area contributed by atoms with Crippen molar-refractivity contribution in [1.82, 2.24) is 20.1 Å². The lowest BCUT2D eigenvalue weighted by atomic mass is 9.96. The molecule has 0 spiro atoms. The van der Waals surface area contributed by atoms with Gasteiger partial charge in [-0.1, -0.05) is 35.5 Å². The smallest absolute Gasteiger partial charge is 0.253 e. The lowest BCUT2D eigenvalue weighted by molar-refractivity contribution is -0.113. The number of nitrogens with zero attached hydrogens (tertiary/aromatic N) is 4. The van der Waals surface area contributed by atoms with Crippen LogP contribution in [0.2, 0.25) is 5.02 Å². The highest BCUT2D eigenvalue weighted by Crippen LogP contribution is 2.37. The third-order valence-corrected chi connectivity index (χ3v) is 8.29. The zero-order chi connectivity index (χ0) is 24.9. The average Bonchev–Trinajstić information content (AvgIpc) is 3.43. The van der Waals surface area contributed by atoms with E-state index < -0.39 is 6.04 Å². The highest BCUT2D eigenvalue weighted by Gasteiger charge is 2.23. The Morgan fingerprint density at radius 2 is 2.06 bits per heavy atom. The molecule has 2 heterocycles. The van der Waals surface area contributed by atoms with E-state index in [-0.39, 0.29) is 17.6 Å². The highest BCUT2D eigenvalue weighted by molar-refractivity contribution is 7.99. The van der Waals surface area contributed by atoms with Gasteiger partial charge in [-0.3, -0.25) is 9.59 Å². The summed E-state index contributed by atoms with van der Waals surface area (Å²) < 4.78 is 1.88. The number of carbonyl (C=O) groups is 2. The molecular weight excluding hydrogens is 504 g/mol. The number of nitriles is 1. The molecule has 0 aliphatic heterocycles. The Labute approximate surface area is 217 Å². The maximum Gasteiger partial charge on any atom is 0.253 e. The van der Waals surface area contributed by atoms with Gasteiger partial charge in [0, 0.05) is 11.4 Å². The second-order valence-corrected chi connectivity index (χ2v) is 10.6. The fraction of sp³-hybridized carbons (Fsp3) is 0.375. The number of aryl methyl sites for hydroxylation is 1. The van der Waals surface area contributed by atoms with Gasteiger partial charge in [-0.2, -0.15) is 5.26 Å². The van der Waals surface area contributed by atoms with Crippen molar-refractivity contribution in [1.29, 1.82) is 5.26 Å². The molecule has 11 heteroatoms. The average molecular weight is 529 g/mol. The van der Waals surface area contributed by atoms with E-state index in [0.717, 1.165) is 31.2 Å². The van der Waals surface area contributed by atoms with Crippen LogP contribution in [-0.2, 0) is 24.2 Å². The van der Waals surface area contributed by atoms with E-state index in [1.807, 2.05) is 18.4 Å². The van der Waals surface area contributed by atoms with Crippen molar-refractivity contribution >= 4 is 51.5 Å². The van der Waals surface area contributed by atoms with Crippen LogP contribution in [0.5, 0.6) is 0 Å². The summed E-state index contributed by atoms with van der Waals surface area (Å²) >= 11 is 8.92. The largest absolute Gasteiger partial charge is 0.342 e. The molecule has 1 aliphatic rings. The number of anilines is 1. The number of thioether (sulfide) groups is 1. The number of rotatable bonds is 8. The zero-order valence-corrected chi connectivity index (χ0v) is 21.8. The molecule has 35 heavy (non-hydrogen) atoms. The number of thiophene rings is 1. The van der Waals surface area contributed by atoms with E-state index in [1.165, 1.54) is 28.0 Å². The Morgan fingerprint density at radius 1 is 1.29 bits per heavy atom. The summed E-state index contributed by atoms with van der Waals surface area (Å²) in [6.07, 6.45) is 4.06. The Hall–Kier alpha value is -2.87. The molecular formula is C24H25ClN6O2S2. The molecule has 2 aromatic heterocycles. The van der Waals surface area contributed by atoms with Gasteiger partial charge in [0.05, 0.1) is 27.9 Å². The van der Waals surface area contributed by atoms with Crippen molar-refractivity contribution < 1.29 is 9.59 Å². The Kier molecular flexibility index (Phi) is 8.11. The van der Waals surface area contributed by atoms with Gasteiger partial charge in [0.1, 0.15) is 11.1 Å². The summed E-state index contributed by atoms with van der Waals surface area (Å²) in [4.78, 5) is 26.5. The molecule has 4 rings (SSSR count). The van der Waals surface area contributed by atoms with E-state index in [4.69, 9.17) is 11.6 Å². The minimum atomic E-state index is -0.412. The summed E-state index contributed by atoms with van der Waals surface area (Å²) in [5.74, 6) is 0.228. The number of carbonyl (C=O) groups excluding carboxylic acids is 2. The topological polar surface area (TPSA) is 113 Å². The highest BCUT2D eigenvalue weighted by atomic mass is 35.5. The zero-order valence-electron chi connectivity index (χ0n) is 19.4. The molecule has 1 aromatic carbocycles. The third kappa shape index (κ3) is 5.53. The van der Waals surface area contributed by atoms with Crippen LogP contribution in [0.15, 0.2) is 29.4 Å². The Balaban J connectivity index is 1.40. The lowest BCUT2D eigenvalue weighted by Gasteiger charge is -2.15. The Morgan fingerprint density at radius 3 is 2.80 bits per heavy atom. The molecule has 1 aliphatic carbocycles. The van der Waals surface area contributed by atoms with Crippen LogP contribution >= 0.6 is 34.7 Å². The lowest BCUT2D eigenvalue weighted by Crippen LogP contribution is -2.29. The summed E-state index contributed by atoms with van der Waals surface area (Å²) in [6.45, 7) is 4.36. The van der Waals surface area contributed by atoms with E-state index in [0.29, 0.717) is 38.7 Å². The molecule has 0 bridgehead atoms. The van der Waals surface area contributed by atoms with Gasteiger partial charge in [0.15, 0.2) is 11.0 Å². The molecule has 0 unspecified atom stereocenters. The minimum Gasteiger partial charge on any atom is -0.342 e. The maximum absolute atomic E-state index is 12.7. The van der Waals surface area contributed by atoms with Crippen LogP contribution in [-0.4, -0.2) is 32.3 Å². The quantitative estimate of drug-likeness (QED) is 0.398. The van der Waals surface area contributed by atoms with E-state index in [9.17, 15) is 14.9 Å². The summed E-state index contributed by atoms with van der Waals surface area (Å²) in [6, 6.07) is 8.71. The van der Waals surface area contributed by atoms with Gasteiger partial charge < -0.3 is 15.2 Å². The van der Waals surface area contributed by atoms with Crippen molar-refractivity contribution in [3.63, 3.8) is 0 Å². The molecule has 0 saturated carbocycles. The molecule has 1 atom stereocenters. The van der Waals surface area contributed by atoms with Gasteiger partial charge in [-0.15, -0.1) is 21.5 Å². The molecule has 0 radical (unpaired) electrons. The fourth-order valence-corrected chi connectivity index (χ4v) is 6.36. The SMILES string of the molecule is CCn1c(SCC(=O)Nc2sc3c(c2C#N)CCCC3)nnc1[C@@H](C)NC(=O)c1ccccc1Cl. The molecule has 0 fully saturated rings. The fourth-order valence-electron chi connectivity index (χ4n) is 4.07. The molecule has 8 nitrogen and oxygen atoms in total. The van der Waals surface area contributed by atoms with Crippen molar-refractivity contribution in [2.24, 2.45) is 0 Å². The Bertz CT molecular complexity index is 1300. The van der Waals surface area contributed by atoms with Crippen molar-refractivity contribution in [2.45, 2.75) is 57.3 Å². The van der Waals surface area contributed by atoms with Gasteiger partial charge in [-0.05, 0) is 57.2 Å². The number of fused-ring (bicyclic) bond motifs is 1. The van der Waals surface area contributed by atoms with Gasteiger partial charge >= 0.3 is 0 Å².